The zero-order valence-electron chi connectivity index (χ0n) is 15.1. The Balaban J connectivity index is 1.58. The van der Waals surface area contributed by atoms with Crippen LogP contribution in [0.25, 0.3) is 0 Å². The lowest BCUT2D eigenvalue weighted by Crippen LogP contribution is -2.52. The van der Waals surface area contributed by atoms with Gasteiger partial charge in [-0.2, -0.15) is 0 Å². The van der Waals surface area contributed by atoms with Crippen molar-refractivity contribution in [2.45, 2.75) is 25.0 Å². The fourth-order valence-electron chi connectivity index (χ4n) is 4.93. The minimum absolute atomic E-state index is 0.108. The second kappa shape index (κ2) is 5.90. The minimum atomic E-state index is -1.22. The molecule has 4 atom stereocenters. The van der Waals surface area contributed by atoms with Gasteiger partial charge in [-0.15, -0.1) is 0 Å². The van der Waals surface area contributed by atoms with E-state index in [1.54, 1.807) is 18.2 Å². The van der Waals surface area contributed by atoms with E-state index >= 15 is 0 Å². The van der Waals surface area contributed by atoms with Crippen molar-refractivity contribution >= 4 is 35.0 Å². The van der Waals surface area contributed by atoms with Gasteiger partial charge in [-0.05, 0) is 24.6 Å². The number of benzene rings is 2. The number of hydrogen-bond donors (Lipinski definition) is 2. The van der Waals surface area contributed by atoms with Crippen LogP contribution in [0.4, 0.5) is 5.69 Å². The lowest BCUT2D eigenvalue weighted by atomic mass is 9.76. The van der Waals surface area contributed by atoms with E-state index in [0.717, 1.165) is 5.56 Å². The molecular weight excluding hydrogens is 378 g/mol. The minimum Gasteiger partial charge on any atom is -0.324 e. The summed E-state index contributed by atoms with van der Waals surface area (Å²) >= 11 is 6.23. The highest BCUT2D eigenvalue weighted by Gasteiger charge is 2.69. The molecule has 142 valence electrons. The summed E-state index contributed by atoms with van der Waals surface area (Å²) < 4.78 is 0. The van der Waals surface area contributed by atoms with Crippen LogP contribution in [-0.4, -0.2) is 28.7 Å². The van der Waals surface area contributed by atoms with Gasteiger partial charge in [0.1, 0.15) is 5.54 Å². The molecule has 0 radical (unpaired) electrons. The number of carbonyl (C=O) groups is 3. The molecule has 28 heavy (non-hydrogen) atoms. The average molecular weight is 396 g/mol. The van der Waals surface area contributed by atoms with Crippen LogP contribution < -0.4 is 10.6 Å². The lowest BCUT2D eigenvalue weighted by molar-refractivity contribution is -0.143. The number of hydrogen-bond acceptors (Lipinski definition) is 4. The standard InChI is InChI=1S/C21H18ClN3O3/c1-11-16-17(21(24-11)13-7-3-5-9-15(13)23-20(21)28)19(27)25(18(16)26)10-12-6-2-4-8-14(12)22/h2-9,11,16-17,24H,10H2,1H3,(H,23,28). The molecule has 2 fully saturated rings. The zero-order valence-corrected chi connectivity index (χ0v) is 15.9. The second-order valence-corrected chi connectivity index (χ2v) is 8.01. The van der Waals surface area contributed by atoms with Gasteiger partial charge in [0, 0.05) is 22.3 Å². The van der Waals surface area contributed by atoms with E-state index in [9.17, 15) is 14.4 Å². The number of anilines is 1. The van der Waals surface area contributed by atoms with E-state index in [1.165, 1.54) is 4.90 Å². The summed E-state index contributed by atoms with van der Waals surface area (Å²) in [6, 6.07) is 14.2. The van der Waals surface area contributed by atoms with E-state index in [-0.39, 0.29) is 30.3 Å². The number of amides is 3. The molecule has 0 bridgehead atoms. The topological polar surface area (TPSA) is 78.5 Å². The number of fused-ring (bicyclic) bond motifs is 4. The van der Waals surface area contributed by atoms with Crippen molar-refractivity contribution in [1.82, 2.24) is 10.2 Å². The van der Waals surface area contributed by atoms with Crippen molar-refractivity contribution in [3.63, 3.8) is 0 Å². The van der Waals surface area contributed by atoms with Gasteiger partial charge in [-0.3, -0.25) is 24.6 Å². The summed E-state index contributed by atoms with van der Waals surface area (Å²) in [6.45, 7) is 1.96. The van der Waals surface area contributed by atoms with Gasteiger partial charge >= 0.3 is 0 Å². The Bertz CT molecular complexity index is 1040. The first-order valence-corrected chi connectivity index (χ1v) is 9.60. The monoisotopic (exact) mass is 395 g/mol. The van der Waals surface area contributed by atoms with Crippen LogP contribution in [0.1, 0.15) is 18.1 Å². The first-order valence-electron chi connectivity index (χ1n) is 9.22. The third-order valence-electron chi connectivity index (χ3n) is 6.15. The van der Waals surface area contributed by atoms with E-state index < -0.39 is 17.4 Å². The van der Waals surface area contributed by atoms with E-state index in [2.05, 4.69) is 10.6 Å². The number of nitrogens with one attached hydrogen (secondary N) is 2. The molecule has 3 amide bonds. The maximum atomic E-state index is 13.4. The predicted octanol–water partition coefficient (Wildman–Crippen LogP) is 2.28. The molecule has 4 unspecified atom stereocenters. The normalized spacial score (nSPS) is 30.7. The zero-order chi connectivity index (χ0) is 19.6. The van der Waals surface area contributed by atoms with Gasteiger partial charge in [-0.25, -0.2) is 0 Å². The molecule has 5 rings (SSSR count). The number of para-hydroxylation sites is 1. The van der Waals surface area contributed by atoms with Gasteiger partial charge in [0.2, 0.25) is 17.7 Å². The Morgan fingerprint density at radius 2 is 1.75 bits per heavy atom. The van der Waals surface area contributed by atoms with Crippen molar-refractivity contribution in [3.05, 3.63) is 64.7 Å². The van der Waals surface area contributed by atoms with Crippen LogP contribution >= 0.6 is 11.6 Å². The highest BCUT2D eigenvalue weighted by Crippen LogP contribution is 2.52. The van der Waals surface area contributed by atoms with E-state index in [4.69, 9.17) is 11.6 Å². The fourth-order valence-corrected chi connectivity index (χ4v) is 5.13. The second-order valence-electron chi connectivity index (χ2n) is 7.60. The highest BCUT2D eigenvalue weighted by molar-refractivity contribution is 6.31. The van der Waals surface area contributed by atoms with E-state index in [0.29, 0.717) is 16.3 Å². The summed E-state index contributed by atoms with van der Waals surface area (Å²) in [5, 5.41) is 6.66. The van der Waals surface area contributed by atoms with Crippen LogP contribution in [0.15, 0.2) is 48.5 Å². The van der Waals surface area contributed by atoms with Crippen molar-refractivity contribution in [2.24, 2.45) is 11.8 Å². The Morgan fingerprint density at radius 1 is 1.04 bits per heavy atom. The number of likely N-dealkylation sites (tertiary alicyclic amines) is 1. The Kier molecular flexibility index (Phi) is 3.66. The highest BCUT2D eigenvalue weighted by atomic mass is 35.5. The summed E-state index contributed by atoms with van der Waals surface area (Å²) in [6.07, 6.45) is 0. The Labute approximate surface area is 166 Å². The van der Waals surface area contributed by atoms with Crippen molar-refractivity contribution in [2.75, 3.05) is 5.32 Å². The summed E-state index contributed by atoms with van der Waals surface area (Å²) in [5.74, 6) is -2.25. The summed E-state index contributed by atoms with van der Waals surface area (Å²) in [7, 11) is 0. The third kappa shape index (κ3) is 2.10. The first-order chi connectivity index (χ1) is 13.4. The van der Waals surface area contributed by atoms with Crippen molar-refractivity contribution < 1.29 is 14.4 Å². The van der Waals surface area contributed by atoms with Crippen LogP contribution in [0.5, 0.6) is 0 Å². The largest absolute Gasteiger partial charge is 0.324 e. The molecule has 3 heterocycles. The molecule has 0 saturated carbocycles. The first kappa shape index (κ1) is 17.4. The summed E-state index contributed by atoms with van der Waals surface area (Å²) in [4.78, 5) is 40.9. The van der Waals surface area contributed by atoms with Gasteiger partial charge in [0.05, 0.1) is 18.4 Å². The number of carbonyl (C=O) groups excluding carboxylic acids is 3. The molecule has 7 heteroatoms. The molecule has 6 nitrogen and oxygen atoms in total. The van der Waals surface area contributed by atoms with E-state index in [1.807, 2.05) is 37.3 Å². The molecule has 2 saturated heterocycles. The average Bonchev–Trinajstić information content (AvgIpc) is 3.23. The molecule has 3 aliphatic heterocycles. The van der Waals surface area contributed by atoms with Gasteiger partial charge in [0.15, 0.2) is 0 Å². The third-order valence-corrected chi connectivity index (χ3v) is 6.52. The molecule has 2 aromatic carbocycles. The predicted molar refractivity (Wildman–Crippen MR) is 103 cm³/mol. The number of nitrogens with zero attached hydrogens (tertiary/aromatic N) is 1. The molecule has 2 aromatic rings. The van der Waals surface area contributed by atoms with Crippen molar-refractivity contribution in [1.29, 1.82) is 0 Å². The lowest BCUT2D eigenvalue weighted by Gasteiger charge is -2.29. The molecule has 0 aromatic heterocycles. The van der Waals surface area contributed by atoms with Crippen molar-refractivity contribution in [3.8, 4) is 0 Å². The number of halogens is 1. The van der Waals surface area contributed by atoms with Gasteiger partial charge < -0.3 is 5.32 Å². The fraction of sp³-hybridized carbons (Fsp3) is 0.286. The molecule has 1 spiro atoms. The summed E-state index contributed by atoms with van der Waals surface area (Å²) in [5.41, 5.74) is 0.886. The van der Waals surface area contributed by atoms with Crippen LogP contribution in [0, 0.1) is 11.8 Å². The SMILES string of the molecule is CC1NC2(C(=O)Nc3ccccc32)C2C(=O)N(Cc3ccccc3Cl)C(=O)C12. The van der Waals surface area contributed by atoms with Crippen LogP contribution in [-0.2, 0) is 26.5 Å². The maximum absolute atomic E-state index is 13.4. The smallest absolute Gasteiger partial charge is 0.250 e. The maximum Gasteiger partial charge on any atom is 0.250 e. The number of imide groups is 1. The number of rotatable bonds is 2. The molecule has 0 aliphatic carbocycles. The van der Waals surface area contributed by atoms with Gasteiger partial charge in [-0.1, -0.05) is 48.0 Å². The van der Waals surface area contributed by atoms with Crippen LogP contribution in [0.3, 0.4) is 0 Å². The quantitative estimate of drug-likeness (QED) is 0.765. The molecule has 3 aliphatic rings. The van der Waals surface area contributed by atoms with Gasteiger partial charge in [0.25, 0.3) is 0 Å². The molecule has 2 N–H and O–H groups in total. The van der Waals surface area contributed by atoms with Crippen LogP contribution in [0.2, 0.25) is 5.02 Å². The Hall–Kier alpha value is -2.70. The molecular formula is C21H18ClN3O3. The Morgan fingerprint density at radius 3 is 2.54 bits per heavy atom.